The van der Waals surface area contributed by atoms with Crippen molar-refractivity contribution in [2.75, 3.05) is 25.8 Å². The Kier molecular flexibility index (Phi) is 7.98. The van der Waals surface area contributed by atoms with Crippen LogP contribution in [0.25, 0.3) is 6.08 Å². The van der Waals surface area contributed by atoms with Crippen LogP contribution in [0.1, 0.15) is 18.1 Å². The summed E-state index contributed by atoms with van der Waals surface area (Å²) in [5.41, 5.74) is 1.93. The molecule has 0 saturated heterocycles. The van der Waals surface area contributed by atoms with Crippen molar-refractivity contribution in [2.24, 2.45) is 0 Å². The number of benzene rings is 3. The molecule has 0 aliphatic carbocycles. The van der Waals surface area contributed by atoms with Gasteiger partial charge in [0.05, 0.1) is 13.7 Å². The van der Waals surface area contributed by atoms with Gasteiger partial charge in [-0.15, -0.1) is 0 Å². The van der Waals surface area contributed by atoms with E-state index in [0.29, 0.717) is 51.1 Å². The van der Waals surface area contributed by atoms with Crippen molar-refractivity contribution in [2.45, 2.75) is 13.5 Å². The van der Waals surface area contributed by atoms with Crippen LogP contribution in [0.5, 0.6) is 28.7 Å². The molecule has 0 radical (unpaired) electrons. The van der Waals surface area contributed by atoms with E-state index in [-0.39, 0.29) is 19.0 Å². The first-order valence-electron chi connectivity index (χ1n) is 11.1. The van der Waals surface area contributed by atoms with Crippen molar-refractivity contribution in [3.8, 4) is 34.8 Å². The molecule has 0 spiro atoms. The number of carbonyl (C=O) groups excluding carboxylic acids is 1. The lowest BCUT2D eigenvalue weighted by Gasteiger charge is -2.13. The number of hydrogen-bond donors (Lipinski definition) is 1. The van der Waals surface area contributed by atoms with Crippen LogP contribution in [0.4, 0.5) is 5.69 Å². The molecule has 0 fully saturated rings. The minimum Gasteiger partial charge on any atom is -0.494 e. The molecule has 0 unspecified atom stereocenters. The van der Waals surface area contributed by atoms with Crippen molar-refractivity contribution in [1.82, 2.24) is 0 Å². The van der Waals surface area contributed by atoms with Crippen molar-refractivity contribution >= 4 is 33.6 Å². The number of nitrogens with one attached hydrogen (secondary N) is 1. The highest BCUT2D eigenvalue weighted by molar-refractivity contribution is 9.10. The summed E-state index contributed by atoms with van der Waals surface area (Å²) >= 11 is 3.50. The zero-order valence-corrected chi connectivity index (χ0v) is 21.3. The smallest absolute Gasteiger partial charge is 0.266 e. The molecule has 3 aromatic carbocycles. The molecule has 3 aromatic rings. The Morgan fingerprint density at radius 1 is 1.11 bits per heavy atom. The van der Waals surface area contributed by atoms with Crippen molar-refractivity contribution in [3.63, 3.8) is 0 Å². The van der Waals surface area contributed by atoms with Crippen LogP contribution in [0, 0.1) is 11.3 Å². The number of nitriles is 1. The predicted octanol–water partition coefficient (Wildman–Crippen LogP) is 5.71. The van der Waals surface area contributed by atoms with Crippen LogP contribution in [-0.4, -0.2) is 26.4 Å². The lowest BCUT2D eigenvalue weighted by atomic mass is 10.1. The van der Waals surface area contributed by atoms with Crippen LogP contribution >= 0.6 is 15.9 Å². The number of nitrogens with zero attached hydrogens (tertiary/aromatic N) is 1. The number of hydrogen-bond acceptors (Lipinski definition) is 7. The molecular weight excluding hydrogens is 528 g/mol. The summed E-state index contributed by atoms with van der Waals surface area (Å²) in [6.45, 7) is 2.87. The number of amides is 1. The van der Waals surface area contributed by atoms with Gasteiger partial charge in [0, 0.05) is 16.2 Å². The number of rotatable bonds is 9. The lowest BCUT2D eigenvalue weighted by molar-refractivity contribution is -0.112. The molecule has 8 nitrogen and oxygen atoms in total. The molecule has 184 valence electrons. The van der Waals surface area contributed by atoms with Gasteiger partial charge in [-0.05, 0) is 60.5 Å². The number of ether oxygens (including phenoxy) is 5. The summed E-state index contributed by atoms with van der Waals surface area (Å²) < 4.78 is 28.3. The molecule has 1 aliphatic rings. The van der Waals surface area contributed by atoms with Gasteiger partial charge in [0.15, 0.2) is 23.0 Å². The number of methoxy groups -OCH3 is 1. The lowest BCUT2D eigenvalue weighted by Crippen LogP contribution is -2.13. The minimum absolute atomic E-state index is 0.0754. The second-order valence-corrected chi connectivity index (χ2v) is 8.44. The molecule has 1 aliphatic heterocycles. The predicted molar refractivity (Wildman–Crippen MR) is 137 cm³/mol. The Hall–Kier alpha value is -4.16. The highest BCUT2D eigenvalue weighted by atomic mass is 79.9. The summed E-state index contributed by atoms with van der Waals surface area (Å²) in [7, 11) is 1.52. The topological polar surface area (TPSA) is 99.0 Å². The Morgan fingerprint density at radius 3 is 2.72 bits per heavy atom. The summed E-state index contributed by atoms with van der Waals surface area (Å²) in [5, 5.41) is 12.4. The van der Waals surface area contributed by atoms with Crippen LogP contribution in [-0.2, 0) is 11.4 Å². The molecule has 1 N–H and O–H groups in total. The zero-order valence-electron chi connectivity index (χ0n) is 19.7. The Bertz CT molecular complexity index is 1350. The highest BCUT2D eigenvalue weighted by Crippen LogP contribution is 2.36. The SMILES string of the molecule is CCOc1cccc(NC(=O)/C(C#N)=C\c2cc(OC)c(OCc3ccc4c(c3)OCO4)cc2Br)c1. The average Bonchev–Trinajstić information content (AvgIpc) is 3.35. The van der Waals surface area contributed by atoms with E-state index in [2.05, 4.69) is 21.2 Å². The van der Waals surface area contributed by atoms with E-state index < -0.39 is 5.91 Å². The van der Waals surface area contributed by atoms with Crippen LogP contribution < -0.4 is 29.0 Å². The quantitative estimate of drug-likeness (QED) is 0.269. The third-order valence-corrected chi connectivity index (χ3v) is 5.87. The minimum atomic E-state index is -0.542. The number of carbonyl (C=O) groups is 1. The maximum absolute atomic E-state index is 12.8. The fraction of sp³-hybridized carbons (Fsp3) is 0.185. The normalized spacial score (nSPS) is 12.0. The summed E-state index contributed by atoms with van der Waals surface area (Å²) in [4.78, 5) is 12.8. The summed E-state index contributed by atoms with van der Waals surface area (Å²) in [6, 6.07) is 18.0. The number of halogens is 1. The van der Waals surface area contributed by atoms with E-state index in [4.69, 9.17) is 23.7 Å². The molecule has 1 amide bonds. The largest absolute Gasteiger partial charge is 0.494 e. The van der Waals surface area contributed by atoms with Crippen LogP contribution in [0.15, 0.2) is 64.6 Å². The number of fused-ring (bicyclic) bond motifs is 1. The second-order valence-electron chi connectivity index (χ2n) is 7.59. The van der Waals surface area contributed by atoms with Crippen molar-refractivity contribution < 1.29 is 28.5 Å². The molecule has 4 rings (SSSR count). The van der Waals surface area contributed by atoms with E-state index in [9.17, 15) is 10.1 Å². The van der Waals surface area contributed by atoms with Gasteiger partial charge >= 0.3 is 0 Å². The van der Waals surface area contributed by atoms with E-state index in [0.717, 1.165) is 5.56 Å². The third-order valence-electron chi connectivity index (χ3n) is 5.18. The van der Waals surface area contributed by atoms with E-state index in [1.165, 1.54) is 13.2 Å². The maximum Gasteiger partial charge on any atom is 0.266 e. The Labute approximate surface area is 217 Å². The monoisotopic (exact) mass is 550 g/mol. The highest BCUT2D eigenvalue weighted by Gasteiger charge is 2.16. The zero-order chi connectivity index (χ0) is 25.5. The van der Waals surface area contributed by atoms with E-state index in [1.54, 1.807) is 36.4 Å². The first kappa shape index (κ1) is 24.9. The maximum atomic E-state index is 12.8. The molecule has 1 heterocycles. The van der Waals surface area contributed by atoms with Gasteiger partial charge in [-0.3, -0.25) is 4.79 Å². The summed E-state index contributed by atoms with van der Waals surface area (Å²) in [5.74, 6) is 2.41. The van der Waals surface area contributed by atoms with Crippen LogP contribution in [0.2, 0.25) is 0 Å². The average molecular weight is 551 g/mol. The summed E-state index contributed by atoms with van der Waals surface area (Å²) in [6.07, 6.45) is 1.48. The van der Waals surface area contributed by atoms with Gasteiger partial charge in [0.2, 0.25) is 6.79 Å². The van der Waals surface area contributed by atoms with Crippen LogP contribution in [0.3, 0.4) is 0 Å². The van der Waals surface area contributed by atoms with Gasteiger partial charge in [-0.1, -0.05) is 28.1 Å². The fourth-order valence-electron chi connectivity index (χ4n) is 3.46. The fourth-order valence-corrected chi connectivity index (χ4v) is 3.90. The van der Waals surface area contributed by atoms with E-state index >= 15 is 0 Å². The van der Waals surface area contributed by atoms with Gasteiger partial charge in [0.1, 0.15) is 24.0 Å². The standard InChI is InChI=1S/C27H23BrN2O6/c1-3-33-21-6-4-5-20(12-21)30-27(31)19(14-29)10-18-11-24(32-2)26(13-22(18)28)34-15-17-7-8-23-25(9-17)36-16-35-23/h4-13H,3,15-16H2,1-2H3,(H,30,31)/b19-10-. The molecule has 36 heavy (non-hydrogen) atoms. The van der Waals surface area contributed by atoms with Crippen molar-refractivity contribution in [3.05, 3.63) is 75.8 Å². The molecule has 9 heteroatoms. The molecule has 0 aromatic heterocycles. The third kappa shape index (κ3) is 5.90. The second kappa shape index (κ2) is 11.5. The van der Waals surface area contributed by atoms with Crippen molar-refractivity contribution in [1.29, 1.82) is 5.26 Å². The first-order chi connectivity index (χ1) is 17.5. The molecule has 0 bridgehead atoms. The molecular formula is C27H23BrN2O6. The number of anilines is 1. The molecule has 0 atom stereocenters. The van der Waals surface area contributed by atoms with E-state index in [1.807, 2.05) is 31.2 Å². The Morgan fingerprint density at radius 2 is 1.94 bits per heavy atom. The van der Waals surface area contributed by atoms with Gasteiger partial charge < -0.3 is 29.0 Å². The van der Waals surface area contributed by atoms with Gasteiger partial charge in [-0.25, -0.2) is 0 Å². The Balaban J connectivity index is 1.50. The van der Waals surface area contributed by atoms with Gasteiger partial charge in [0.25, 0.3) is 5.91 Å². The van der Waals surface area contributed by atoms with Gasteiger partial charge in [-0.2, -0.15) is 5.26 Å². The molecule has 0 saturated carbocycles. The first-order valence-corrected chi connectivity index (χ1v) is 11.8.